The smallest absolute Gasteiger partial charge is 0.426 e. The number of amides is 2. The fraction of sp³-hybridized carbons (Fsp3) is 0.292. The molecule has 2 aromatic carbocycles. The Morgan fingerprint density at radius 2 is 1.84 bits per heavy atom. The number of carbonyl (C=O) groups is 2. The van der Waals surface area contributed by atoms with Crippen LogP contribution in [0.25, 0.3) is 6.08 Å². The minimum absolute atomic E-state index is 0.0285. The fourth-order valence-electron chi connectivity index (χ4n) is 3.13. The largest absolute Gasteiger partial charge is 0.475 e. The number of rotatable bonds is 9. The van der Waals surface area contributed by atoms with Gasteiger partial charge in [0.1, 0.15) is 11.6 Å². The molecule has 8 heteroatoms. The van der Waals surface area contributed by atoms with Gasteiger partial charge in [0.15, 0.2) is 0 Å². The van der Waals surface area contributed by atoms with Crippen molar-refractivity contribution in [3.05, 3.63) is 76.4 Å². The standard InChI is InChI=1S/C24H28BN3O4/c1-17-7-9-19(10-8-17)15-22(25(31)32)27-23(29)12-11-18-5-4-6-20(13-18)14-21(16-26)24(30)28(2)3/h4-10,13-14,22,31-32H,11-12,15H2,1-3H3,(H,27,29)/t22-/m0/s1. The second-order valence-electron chi connectivity index (χ2n) is 7.89. The van der Waals surface area contributed by atoms with Crippen LogP contribution in [0.1, 0.15) is 28.7 Å². The highest BCUT2D eigenvalue weighted by atomic mass is 16.4. The summed E-state index contributed by atoms with van der Waals surface area (Å²) in [6.45, 7) is 1.97. The van der Waals surface area contributed by atoms with Crippen molar-refractivity contribution in [2.45, 2.75) is 32.1 Å². The molecule has 2 amide bonds. The molecule has 0 aliphatic heterocycles. The van der Waals surface area contributed by atoms with E-state index in [4.69, 9.17) is 0 Å². The number of likely N-dealkylation sites (N-methyl/N-ethyl adjacent to an activating group) is 1. The van der Waals surface area contributed by atoms with E-state index >= 15 is 0 Å². The SMILES string of the molecule is Cc1ccc(C[C@H](NC(=O)CCc2cccc(C=C(C#N)C(=O)N(C)C)c2)B(O)O)cc1. The molecular weight excluding hydrogens is 405 g/mol. The van der Waals surface area contributed by atoms with Crippen molar-refractivity contribution in [2.24, 2.45) is 0 Å². The maximum atomic E-state index is 12.4. The summed E-state index contributed by atoms with van der Waals surface area (Å²) in [4.78, 5) is 25.8. The number of carbonyl (C=O) groups excluding carboxylic acids is 2. The first-order valence-electron chi connectivity index (χ1n) is 10.3. The average Bonchev–Trinajstić information content (AvgIpc) is 2.76. The van der Waals surface area contributed by atoms with Gasteiger partial charge in [0.05, 0.1) is 5.94 Å². The minimum atomic E-state index is -1.67. The lowest BCUT2D eigenvalue weighted by Gasteiger charge is -2.18. The van der Waals surface area contributed by atoms with Gasteiger partial charge >= 0.3 is 7.12 Å². The number of aryl methyl sites for hydroxylation is 2. The highest BCUT2D eigenvalue weighted by Crippen LogP contribution is 2.13. The molecule has 0 aromatic heterocycles. The van der Waals surface area contributed by atoms with Crippen molar-refractivity contribution in [3.8, 4) is 6.07 Å². The van der Waals surface area contributed by atoms with Gasteiger partial charge in [0.2, 0.25) is 5.91 Å². The third-order valence-electron chi connectivity index (χ3n) is 4.94. The molecule has 0 unspecified atom stereocenters. The van der Waals surface area contributed by atoms with Crippen molar-refractivity contribution >= 4 is 25.0 Å². The second kappa shape index (κ2) is 11.8. The minimum Gasteiger partial charge on any atom is -0.426 e. The third-order valence-corrected chi connectivity index (χ3v) is 4.94. The van der Waals surface area contributed by atoms with Crippen LogP contribution in [0.5, 0.6) is 0 Å². The second-order valence-corrected chi connectivity index (χ2v) is 7.89. The Kier molecular flexibility index (Phi) is 9.20. The number of hydrogen-bond donors (Lipinski definition) is 3. The predicted molar refractivity (Wildman–Crippen MR) is 124 cm³/mol. The summed E-state index contributed by atoms with van der Waals surface area (Å²) in [5, 5.41) is 31.3. The fourth-order valence-corrected chi connectivity index (χ4v) is 3.13. The molecule has 2 rings (SSSR count). The average molecular weight is 433 g/mol. The van der Waals surface area contributed by atoms with E-state index in [1.54, 1.807) is 26.2 Å². The van der Waals surface area contributed by atoms with E-state index < -0.39 is 13.1 Å². The van der Waals surface area contributed by atoms with Gasteiger partial charge in [-0.1, -0.05) is 54.1 Å². The van der Waals surface area contributed by atoms with E-state index in [2.05, 4.69) is 5.32 Å². The number of nitriles is 1. The van der Waals surface area contributed by atoms with Crippen LogP contribution in [0.2, 0.25) is 0 Å². The molecule has 2 aromatic rings. The lowest BCUT2D eigenvalue weighted by atomic mass is 9.75. The number of benzene rings is 2. The van der Waals surface area contributed by atoms with Crippen molar-refractivity contribution in [3.63, 3.8) is 0 Å². The van der Waals surface area contributed by atoms with Crippen molar-refractivity contribution < 1.29 is 19.6 Å². The highest BCUT2D eigenvalue weighted by Gasteiger charge is 2.25. The Morgan fingerprint density at radius 3 is 2.44 bits per heavy atom. The van der Waals surface area contributed by atoms with Gasteiger partial charge < -0.3 is 20.3 Å². The van der Waals surface area contributed by atoms with Crippen LogP contribution >= 0.6 is 0 Å². The van der Waals surface area contributed by atoms with Crippen molar-refractivity contribution in [1.29, 1.82) is 5.26 Å². The van der Waals surface area contributed by atoms with Crippen LogP contribution in [-0.2, 0) is 22.4 Å². The number of hydrogen-bond acceptors (Lipinski definition) is 5. The normalized spacial score (nSPS) is 11.9. The molecule has 0 fully saturated rings. The molecular formula is C24H28BN3O4. The number of nitrogens with one attached hydrogen (secondary N) is 1. The summed E-state index contributed by atoms with van der Waals surface area (Å²) in [5.41, 5.74) is 3.58. The summed E-state index contributed by atoms with van der Waals surface area (Å²) < 4.78 is 0. The zero-order valence-electron chi connectivity index (χ0n) is 18.6. The van der Waals surface area contributed by atoms with Crippen molar-refractivity contribution in [2.75, 3.05) is 14.1 Å². The molecule has 0 heterocycles. The van der Waals surface area contributed by atoms with Crippen LogP contribution < -0.4 is 5.32 Å². The quantitative estimate of drug-likeness (QED) is 0.316. The van der Waals surface area contributed by atoms with E-state index in [0.717, 1.165) is 16.7 Å². The molecule has 1 atom stereocenters. The molecule has 0 bridgehead atoms. The van der Waals surface area contributed by atoms with Crippen LogP contribution in [0, 0.1) is 18.3 Å². The van der Waals surface area contributed by atoms with Gasteiger partial charge in [-0.15, -0.1) is 0 Å². The predicted octanol–water partition coefficient (Wildman–Crippen LogP) is 1.66. The van der Waals surface area contributed by atoms with Gasteiger partial charge in [-0.05, 0) is 42.5 Å². The van der Waals surface area contributed by atoms with Crippen LogP contribution in [-0.4, -0.2) is 53.9 Å². The lowest BCUT2D eigenvalue weighted by Crippen LogP contribution is -2.47. The summed E-state index contributed by atoms with van der Waals surface area (Å²) in [6.07, 6.45) is 2.41. The van der Waals surface area contributed by atoms with Gasteiger partial charge in [0, 0.05) is 20.5 Å². The Hall–Kier alpha value is -3.41. The first-order valence-corrected chi connectivity index (χ1v) is 10.3. The monoisotopic (exact) mass is 433 g/mol. The van der Waals surface area contributed by atoms with E-state index in [0.29, 0.717) is 18.4 Å². The summed E-state index contributed by atoms with van der Waals surface area (Å²) in [6, 6.07) is 16.8. The van der Waals surface area contributed by atoms with Gasteiger partial charge in [-0.2, -0.15) is 5.26 Å². The van der Waals surface area contributed by atoms with Crippen LogP contribution in [0.4, 0.5) is 0 Å². The van der Waals surface area contributed by atoms with E-state index in [9.17, 15) is 24.9 Å². The Bertz CT molecular complexity index is 1010. The Labute approximate surface area is 189 Å². The van der Waals surface area contributed by atoms with Gasteiger partial charge in [-0.3, -0.25) is 9.59 Å². The Balaban J connectivity index is 1.99. The highest BCUT2D eigenvalue weighted by molar-refractivity contribution is 6.43. The van der Waals surface area contributed by atoms with Crippen molar-refractivity contribution in [1.82, 2.24) is 10.2 Å². The molecule has 7 nitrogen and oxygen atoms in total. The number of nitrogens with zero attached hydrogens (tertiary/aromatic N) is 2. The molecule has 0 aliphatic rings. The van der Waals surface area contributed by atoms with E-state index in [1.165, 1.54) is 11.0 Å². The van der Waals surface area contributed by atoms with E-state index in [1.807, 2.05) is 49.4 Å². The van der Waals surface area contributed by atoms with Crippen LogP contribution in [0.3, 0.4) is 0 Å². The van der Waals surface area contributed by atoms with Gasteiger partial charge in [0.25, 0.3) is 5.91 Å². The summed E-state index contributed by atoms with van der Waals surface area (Å²) >= 11 is 0. The molecule has 166 valence electrons. The Morgan fingerprint density at radius 1 is 1.16 bits per heavy atom. The summed E-state index contributed by atoms with van der Waals surface area (Å²) in [5.74, 6) is -1.48. The molecule has 32 heavy (non-hydrogen) atoms. The van der Waals surface area contributed by atoms with E-state index in [-0.39, 0.29) is 23.8 Å². The third kappa shape index (κ3) is 7.69. The summed E-state index contributed by atoms with van der Waals surface area (Å²) in [7, 11) is 1.49. The topological polar surface area (TPSA) is 114 Å². The maximum Gasteiger partial charge on any atom is 0.475 e. The molecule has 3 N–H and O–H groups in total. The zero-order valence-corrected chi connectivity index (χ0v) is 18.6. The molecule has 0 aliphatic carbocycles. The van der Waals surface area contributed by atoms with Gasteiger partial charge in [-0.25, -0.2) is 0 Å². The molecule has 0 saturated carbocycles. The molecule has 0 spiro atoms. The first kappa shape index (κ1) is 24.9. The first-order chi connectivity index (χ1) is 15.2. The lowest BCUT2D eigenvalue weighted by molar-refractivity contribution is -0.124. The molecule has 0 saturated heterocycles. The molecule has 0 radical (unpaired) electrons. The maximum absolute atomic E-state index is 12.4. The van der Waals surface area contributed by atoms with Crippen LogP contribution in [0.15, 0.2) is 54.1 Å². The zero-order chi connectivity index (χ0) is 23.7.